The number of rotatable bonds is 6. The number of carbonyl (C=O) groups is 3. The Morgan fingerprint density at radius 2 is 2.04 bits per heavy atom. The summed E-state index contributed by atoms with van der Waals surface area (Å²) in [5.41, 5.74) is 1.55. The summed E-state index contributed by atoms with van der Waals surface area (Å²) in [6, 6.07) is 6.44. The lowest BCUT2D eigenvalue weighted by molar-refractivity contribution is -0.152. The predicted molar refractivity (Wildman–Crippen MR) is 90.5 cm³/mol. The van der Waals surface area contributed by atoms with Crippen LogP contribution < -0.4 is 0 Å². The van der Waals surface area contributed by atoms with E-state index in [1.165, 1.54) is 23.8 Å². The van der Waals surface area contributed by atoms with Gasteiger partial charge in [0.1, 0.15) is 6.54 Å². The summed E-state index contributed by atoms with van der Waals surface area (Å²) >= 11 is 1.40. The standard InChI is InChI=1S/C17H19NO5S/c1-4-23-14(19)9-18-15(13(10-24-3)16(18)20)11-7-5-6-8-12(11)17(21)22-2/h5-8,10,15H,4,9H2,1-3H3. The van der Waals surface area contributed by atoms with Crippen LogP contribution in [0.25, 0.3) is 0 Å². The first-order chi connectivity index (χ1) is 11.5. The first kappa shape index (κ1) is 18.1. The van der Waals surface area contributed by atoms with E-state index >= 15 is 0 Å². The third-order valence-electron chi connectivity index (χ3n) is 3.62. The van der Waals surface area contributed by atoms with Gasteiger partial charge >= 0.3 is 11.9 Å². The van der Waals surface area contributed by atoms with Crippen molar-refractivity contribution < 1.29 is 23.9 Å². The van der Waals surface area contributed by atoms with Crippen LogP contribution in [-0.4, -0.2) is 49.3 Å². The average molecular weight is 349 g/mol. The van der Waals surface area contributed by atoms with Crippen molar-refractivity contribution >= 4 is 29.6 Å². The molecule has 128 valence electrons. The second-order valence-electron chi connectivity index (χ2n) is 5.03. The number of nitrogens with zero attached hydrogens (tertiary/aromatic N) is 1. The Morgan fingerprint density at radius 3 is 2.67 bits per heavy atom. The molecule has 2 rings (SSSR count). The second-order valence-corrected chi connectivity index (χ2v) is 5.74. The molecule has 1 aliphatic rings. The van der Waals surface area contributed by atoms with Crippen molar-refractivity contribution in [3.05, 3.63) is 46.4 Å². The van der Waals surface area contributed by atoms with Crippen LogP contribution in [0.4, 0.5) is 0 Å². The quantitative estimate of drug-likeness (QED) is 0.445. The molecule has 0 spiro atoms. The molecule has 1 aliphatic heterocycles. The summed E-state index contributed by atoms with van der Waals surface area (Å²) < 4.78 is 9.74. The fraction of sp³-hybridized carbons (Fsp3) is 0.353. The van der Waals surface area contributed by atoms with Gasteiger partial charge in [0.25, 0.3) is 5.91 Å². The Balaban J connectivity index is 2.39. The molecule has 1 saturated heterocycles. The van der Waals surface area contributed by atoms with E-state index in [9.17, 15) is 14.4 Å². The lowest BCUT2D eigenvalue weighted by Gasteiger charge is -2.42. The number of thioether (sulfide) groups is 1. The number of β-lactam (4-membered cyclic amide) rings is 1. The van der Waals surface area contributed by atoms with Gasteiger partial charge in [-0.2, -0.15) is 0 Å². The summed E-state index contributed by atoms with van der Waals surface area (Å²) in [4.78, 5) is 37.5. The largest absolute Gasteiger partial charge is 0.465 e. The number of benzene rings is 1. The molecule has 1 atom stereocenters. The molecule has 24 heavy (non-hydrogen) atoms. The molecule has 1 amide bonds. The van der Waals surface area contributed by atoms with E-state index in [-0.39, 0.29) is 19.1 Å². The van der Waals surface area contributed by atoms with Crippen molar-refractivity contribution in [2.24, 2.45) is 0 Å². The summed E-state index contributed by atoms with van der Waals surface area (Å²) in [5, 5.41) is 1.74. The molecule has 0 aliphatic carbocycles. The number of ether oxygens (including phenoxy) is 2. The molecule has 0 aromatic heterocycles. The predicted octanol–water partition coefficient (Wildman–Crippen LogP) is 2.17. The molecule has 0 bridgehead atoms. The lowest BCUT2D eigenvalue weighted by Crippen LogP contribution is -2.51. The topological polar surface area (TPSA) is 72.9 Å². The van der Waals surface area contributed by atoms with Gasteiger partial charge in [-0.3, -0.25) is 9.59 Å². The molecule has 1 aromatic rings. The van der Waals surface area contributed by atoms with Crippen LogP contribution in [0.1, 0.15) is 28.9 Å². The van der Waals surface area contributed by atoms with Crippen LogP contribution in [-0.2, 0) is 19.1 Å². The Hall–Kier alpha value is -2.28. The van der Waals surface area contributed by atoms with Crippen molar-refractivity contribution in [2.45, 2.75) is 13.0 Å². The van der Waals surface area contributed by atoms with Crippen molar-refractivity contribution in [1.82, 2.24) is 4.90 Å². The van der Waals surface area contributed by atoms with Crippen LogP contribution >= 0.6 is 11.8 Å². The highest BCUT2D eigenvalue weighted by molar-refractivity contribution is 8.01. The van der Waals surface area contributed by atoms with Crippen LogP contribution in [0.15, 0.2) is 35.2 Å². The monoisotopic (exact) mass is 349 g/mol. The van der Waals surface area contributed by atoms with E-state index in [1.807, 2.05) is 6.26 Å². The van der Waals surface area contributed by atoms with E-state index in [0.29, 0.717) is 16.7 Å². The molecule has 0 N–H and O–H groups in total. The number of esters is 2. The number of likely N-dealkylation sites (tertiary alicyclic amines) is 1. The molecule has 0 radical (unpaired) electrons. The molecular weight excluding hydrogens is 330 g/mol. The van der Waals surface area contributed by atoms with E-state index in [1.54, 1.807) is 36.6 Å². The van der Waals surface area contributed by atoms with Crippen LogP contribution in [0.2, 0.25) is 0 Å². The third kappa shape index (κ3) is 3.46. The maximum atomic E-state index is 12.3. The van der Waals surface area contributed by atoms with E-state index in [4.69, 9.17) is 9.47 Å². The number of methoxy groups -OCH3 is 1. The van der Waals surface area contributed by atoms with Gasteiger partial charge in [-0.25, -0.2) is 4.79 Å². The number of hydrogen-bond acceptors (Lipinski definition) is 6. The molecule has 0 saturated carbocycles. The SMILES string of the molecule is CCOC(=O)CN1C(=O)C(=CSC)C1c1ccccc1C(=O)OC. The number of hydrogen-bond donors (Lipinski definition) is 0. The van der Waals surface area contributed by atoms with Gasteiger partial charge in [0.05, 0.1) is 30.9 Å². The average Bonchev–Trinajstić information content (AvgIpc) is 2.60. The second kappa shape index (κ2) is 8.01. The maximum Gasteiger partial charge on any atom is 0.338 e. The summed E-state index contributed by atoms with van der Waals surface area (Å²) in [5.74, 6) is -1.19. The van der Waals surface area contributed by atoms with Crippen molar-refractivity contribution in [3.63, 3.8) is 0 Å². The minimum absolute atomic E-state index is 0.154. The Morgan fingerprint density at radius 1 is 1.33 bits per heavy atom. The molecular formula is C17H19NO5S. The zero-order valence-electron chi connectivity index (χ0n) is 13.8. The normalized spacial score (nSPS) is 18.3. The van der Waals surface area contributed by atoms with E-state index in [0.717, 1.165) is 0 Å². The summed E-state index contributed by atoms with van der Waals surface area (Å²) in [6.07, 6.45) is 1.84. The van der Waals surface area contributed by atoms with Crippen LogP contribution in [0.5, 0.6) is 0 Å². The van der Waals surface area contributed by atoms with Crippen molar-refractivity contribution in [2.75, 3.05) is 26.5 Å². The van der Waals surface area contributed by atoms with Crippen LogP contribution in [0.3, 0.4) is 0 Å². The highest BCUT2D eigenvalue weighted by atomic mass is 32.2. The zero-order chi connectivity index (χ0) is 17.7. The lowest BCUT2D eigenvalue weighted by atomic mass is 9.86. The molecule has 1 aromatic carbocycles. The van der Waals surface area contributed by atoms with Crippen LogP contribution in [0, 0.1) is 0 Å². The number of carbonyl (C=O) groups excluding carboxylic acids is 3. The molecule has 1 heterocycles. The van der Waals surface area contributed by atoms with Gasteiger partial charge in [-0.1, -0.05) is 18.2 Å². The Labute approximate surface area is 144 Å². The van der Waals surface area contributed by atoms with E-state index in [2.05, 4.69) is 0 Å². The van der Waals surface area contributed by atoms with Gasteiger partial charge in [0.2, 0.25) is 0 Å². The third-order valence-corrected chi connectivity index (χ3v) is 4.11. The Bertz CT molecular complexity index is 685. The van der Waals surface area contributed by atoms with Gasteiger partial charge in [0.15, 0.2) is 0 Å². The van der Waals surface area contributed by atoms with Crippen molar-refractivity contribution in [3.8, 4) is 0 Å². The molecule has 6 nitrogen and oxygen atoms in total. The highest BCUT2D eigenvalue weighted by Crippen LogP contribution is 2.41. The maximum absolute atomic E-state index is 12.3. The van der Waals surface area contributed by atoms with Gasteiger partial charge in [0, 0.05) is 0 Å². The fourth-order valence-corrected chi connectivity index (χ4v) is 3.10. The van der Waals surface area contributed by atoms with Gasteiger partial charge in [-0.15, -0.1) is 11.8 Å². The van der Waals surface area contributed by atoms with E-state index < -0.39 is 18.0 Å². The first-order valence-electron chi connectivity index (χ1n) is 7.41. The van der Waals surface area contributed by atoms with Gasteiger partial charge in [-0.05, 0) is 30.2 Å². The molecule has 1 unspecified atom stereocenters. The van der Waals surface area contributed by atoms with Gasteiger partial charge < -0.3 is 14.4 Å². The minimum Gasteiger partial charge on any atom is -0.465 e. The van der Waals surface area contributed by atoms with Crippen molar-refractivity contribution in [1.29, 1.82) is 0 Å². The minimum atomic E-state index is -0.482. The molecule has 1 fully saturated rings. The zero-order valence-corrected chi connectivity index (χ0v) is 14.6. The summed E-state index contributed by atoms with van der Waals surface area (Å²) in [7, 11) is 1.31. The highest BCUT2D eigenvalue weighted by Gasteiger charge is 2.45. The smallest absolute Gasteiger partial charge is 0.338 e. The fourth-order valence-electron chi connectivity index (χ4n) is 2.62. The molecule has 7 heteroatoms. The number of amides is 1. The Kier molecular flexibility index (Phi) is 6.03. The summed E-state index contributed by atoms with van der Waals surface area (Å²) in [6.45, 7) is 1.80. The first-order valence-corrected chi connectivity index (χ1v) is 8.70.